The molecule has 0 atom stereocenters. The first kappa shape index (κ1) is 20.1. The van der Waals surface area contributed by atoms with Crippen LogP contribution in [0.25, 0.3) is 0 Å². The number of piperidine rings is 1. The Morgan fingerprint density at radius 1 is 1.11 bits per heavy atom. The molecule has 1 heterocycles. The van der Waals surface area contributed by atoms with Crippen LogP contribution >= 0.6 is 0 Å². The van der Waals surface area contributed by atoms with Gasteiger partial charge in [0, 0.05) is 18.8 Å². The van der Waals surface area contributed by atoms with Crippen LogP contribution in [0.1, 0.15) is 29.5 Å². The molecule has 1 aliphatic rings. The molecule has 0 saturated carbocycles. The number of aryl methyl sites for hydroxylation is 1. The zero-order valence-electron chi connectivity index (χ0n) is 15.2. The minimum Gasteiger partial charge on any atom is -0.385 e. The van der Waals surface area contributed by atoms with E-state index < -0.39 is 29.2 Å². The van der Waals surface area contributed by atoms with E-state index >= 15 is 0 Å². The van der Waals surface area contributed by atoms with E-state index in [2.05, 4.69) is 5.32 Å². The minimum absolute atomic E-state index is 0.220. The molecule has 4 nitrogen and oxygen atoms in total. The minimum atomic E-state index is -4.71. The van der Waals surface area contributed by atoms with Crippen molar-refractivity contribution in [3.8, 4) is 0 Å². The molecular weight excluding hydrogens is 376 g/mol. The van der Waals surface area contributed by atoms with Crippen LogP contribution in [0.4, 0.5) is 28.0 Å². The van der Waals surface area contributed by atoms with E-state index in [0.717, 1.165) is 17.2 Å². The van der Waals surface area contributed by atoms with Gasteiger partial charge >= 0.3 is 12.2 Å². The van der Waals surface area contributed by atoms with Crippen molar-refractivity contribution in [2.75, 3.05) is 18.4 Å². The summed E-state index contributed by atoms with van der Waals surface area (Å²) in [7, 11) is 0. The van der Waals surface area contributed by atoms with Crippen molar-refractivity contribution in [1.82, 2.24) is 4.90 Å². The number of carbonyl (C=O) groups is 1. The quantitative estimate of drug-likeness (QED) is 0.725. The predicted molar refractivity (Wildman–Crippen MR) is 96.3 cm³/mol. The molecule has 0 spiro atoms. The number of hydrogen-bond donors (Lipinski definition) is 2. The third kappa shape index (κ3) is 4.44. The maximum Gasteiger partial charge on any atom is 0.416 e. The number of nitrogens with one attached hydrogen (secondary N) is 1. The van der Waals surface area contributed by atoms with Gasteiger partial charge in [-0.05, 0) is 43.5 Å². The number of amides is 2. The van der Waals surface area contributed by atoms with E-state index in [-0.39, 0.29) is 18.8 Å². The van der Waals surface area contributed by atoms with Crippen molar-refractivity contribution < 1.29 is 27.5 Å². The van der Waals surface area contributed by atoms with Crippen molar-refractivity contribution >= 4 is 11.7 Å². The fraction of sp³-hybridized carbons (Fsp3) is 0.350. The number of carbonyl (C=O) groups excluding carboxylic acids is 1. The number of aliphatic hydroxyl groups is 1. The topological polar surface area (TPSA) is 52.6 Å². The second kappa shape index (κ2) is 7.43. The van der Waals surface area contributed by atoms with Crippen LogP contribution in [0.2, 0.25) is 0 Å². The Morgan fingerprint density at radius 3 is 2.29 bits per heavy atom. The van der Waals surface area contributed by atoms with E-state index in [0.29, 0.717) is 25.0 Å². The predicted octanol–water partition coefficient (Wildman–Crippen LogP) is 4.67. The number of rotatable bonds is 2. The summed E-state index contributed by atoms with van der Waals surface area (Å²) in [6.07, 6.45) is -4.13. The molecule has 2 N–H and O–H groups in total. The summed E-state index contributed by atoms with van der Waals surface area (Å²) in [6, 6.07) is 8.74. The third-order valence-electron chi connectivity index (χ3n) is 4.94. The average Bonchev–Trinajstić information content (AvgIpc) is 2.61. The van der Waals surface area contributed by atoms with Crippen molar-refractivity contribution in [3.05, 3.63) is 65.0 Å². The maximum atomic E-state index is 13.5. The molecule has 0 bridgehead atoms. The van der Waals surface area contributed by atoms with Crippen LogP contribution in [-0.4, -0.2) is 29.1 Å². The summed E-state index contributed by atoms with van der Waals surface area (Å²) >= 11 is 0. The first-order chi connectivity index (χ1) is 13.1. The highest BCUT2D eigenvalue weighted by Crippen LogP contribution is 2.34. The van der Waals surface area contributed by atoms with Gasteiger partial charge in [-0.15, -0.1) is 0 Å². The lowest BCUT2D eigenvalue weighted by molar-refractivity contribution is -0.137. The smallest absolute Gasteiger partial charge is 0.385 e. The molecule has 0 radical (unpaired) electrons. The van der Waals surface area contributed by atoms with Crippen LogP contribution in [0, 0.1) is 12.7 Å². The summed E-state index contributed by atoms with van der Waals surface area (Å²) in [6.45, 7) is 2.38. The number of anilines is 1. The highest BCUT2D eigenvalue weighted by molar-refractivity contribution is 5.89. The number of hydrogen-bond acceptors (Lipinski definition) is 2. The zero-order chi connectivity index (χ0) is 20.5. The molecule has 1 fully saturated rings. The Bertz CT molecular complexity index is 857. The van der Waals surface area contributed by atoms with Gasteiger partial charge in [0.1, 0.15) is 5.82 Å². The monoisotopic (exact) mass is 396 g/mol. The van der Waals surface area contributed by atoms with Gasteiger partial charge < -0.3 is 15.3 Å². The lowest BCUT2D eigenvalue weighted by atomic mass is 9.84. The van der Waals surface area contributed by atoms with Crippen molar-refractivity contribution in [2.45, 2.75) is 31.5 Å². The molecule has 8 heteroatoms. The Balaban J connectivity index is 1.66. The standard InChI is InChI=1S/C20H20F4N2O2/c1-13-2-4-14(5-3-13)19(28)6-8-26(9-7-19)18(27)25-17-11-15(20(22,23)24)10-16(21)12-17/h2-5,10-12,28H,6-9H2,1H3,(H,25,27). The number of benzene rings is 2. The molecular formula is C20H20F4N2O2. The van der Waals surface area contributed by atoms with Crippen molar-refractivity contribution in [1.29, 1.82) is 0 Å². The number of nitrogens with zero attached hydrogens (tertiary/aromatic N) is 1. The number of likely N-dealkylation sites (tertiary alicyclic amines) is 1. The molecule has 28 heavy (non-hydrogen) atoms. The lowest BCUT2D eigenvalue weighted by Gasteiger charge is -2.38. The SMILES string of the molecule is Cc1ccc(C2(O)CCN(C(=O)Nc3cc(F)cc(C(F)(F)F)c3)CC2)cc1. The highest BCUT2D eigenvalue weighted by Gasteiger charge is 2.36. The zero-order valence-corrected chi connectivity index (χ0v) is 15.2. The molecule has 1 saturated heterocycles. The first-order valence-electron chi connectivity index (χ1n) is 8.80. The maximum absolute atomic E-state index is 13.5. The molecule has 0 aromatic heterocycles. The van der Waals surface area contributed by atoms with E-state index in [9.17, 15) is 27.5 Å². The van der Waals surface area contributed by atoms with E-state index in [4.69, 9.17) is 0 Å². The Morgan fingerprint density at radius 2 is 1.71 bits per heavy atom. The fourth-order valence-electron chi connectivity index (χ4n) is 3.26. The van der Waals surface area contributed by atoms with Gasteiger partial charge in [0.05, 0.1) is 11.2 Å². The van der Waals surface area contributed by atoms with Gasteiger partial charge in [0.2, 0.25) is 0 Å². The molecule has 3 rings (SSSR count). The van der Waals surface area contributed by atoms with Crippen molar-refractivity contribution in [3.63, 3.8) is 0 Å². The van der Waals surface area contributed by atoms with Crippen molar-refractivity contribution in [2.24, 2.45) is 0 Å². The molecule has 1 aliphatic heterocycles. The molecule has 2 amide bonds. The first-order valence-corrected chi connectivity index (χ1v) is 8.80. The summed E-state index contributed by atoms with van der Waals surface area (Å²) in [5, 5.41) is 13.2. The number of alkyl halides is 3. The molecule has 0 aliphatic carbocycles. The highest BCUT2D eigenvalue weighted by atomic mass is 19.4. The molecule has 0 unspecified atom stereocenters. The Labute approximate surface area is 159 Å². The lowest BCUT2D eigenvalue weighted by Crippen LogP contribution is -2.46. The van der Waals surface area contributed by atoms with E-state index in [1.54, 1.807) is 0 Å². The van der Waals surface area contributed by atoms with E-state index in [1.165, 1.54) is 4.90 Å². The van der Waals surface area contributed by atoms with Crippen LogP contribution in [0.15, 0.2) is 42.5 Å². The van der Waals surface area contributed by atoms with Gasteiger partial charge in [-0.3, -0.25) is 0 Å². The molecule has 2 aromatic rings. The fourth-order valence-corrected chi connectivity index (χ4v) is 3.26. The van der Waals surface area contributed by atoms with Gasteiger partial charge in [-0.25, -0.2) is 9.18 Å². The van der Waals surface area contributed by atoms with E-state index in [1.807, 2.05) is 31.2 Å². The molecule has 150 valence electrons. The van der Waals surface area contributed by atoms with Crippen LogP contribution in [0.5, 0.6) is 0 Å². The number of urea groups is 1. The Kier molecular flexibility index (Phi) is 5.34. The summed E-state index contributed by atoms with van der Waals surface area (Å²) in [5.74, 6) is -1.09. The normalized spacial score (nSPS) is 16.7. The third-order valence-corrected chi connectivity index (χ3v) is 4.94. The second-order valence-electron chi connectivity index (χ2n) is 7.04. The number of halogens is 4. The summed E-state index contributed by atoms with van der Waals surface area (Å²) in [4.78, 5) is 13.8. The summed E-state index contributed by atoms with van der Waals surface area (Å²) in [5.41, 5.74) is -0.672. The van der Waals surface area contributed by atoms with Crippen LogP contribution in [0.3, 0.4) is 0 Å². The summed E-state index contributed by atoms with van der Waals surface area (Å²) < 4.78 is 51.9. The van der Waals surface area contributed by atoms with Crippen LogP contribution < -0.4 is 5.32 Å². The van der Waals surface area contributed by atoms with Gasteiger partial charge in [0.15, 0.2) is 0 Å². The largest absolute Gasteiger partial charge is 0.416 e. The van der Waals surface area contributed by atoms with Gasteiger partial charge in [0.25, 0.3) is 0 Å². The average molecular weight is 396 g/mol. The van der Waals surface area contributed by atoms with Crippen LogP contribution in [-0.2, 0) is 11.8 Å². The molecule has 2 aromatic carbocycles. The Hall–Kier alpha value is -2.61. The second-order valence-corrected chi connectivity index (χ2v) is 7.04. The van der Waals surface area contributed by atoms with Gasteiger partial charge in [-0.2, -0.15) is 13.2 Å². The van der Waals surface area contributed by atoms with Gasteiger partial charge in [-0.1, -0.05) is 29.8 Å².